The number of Topliss-reactive ketones (excluding diaryl/α,β-unsaturated/α-hetero) is 1. The minimum atomic E-state index is -0.280. The topological polar surface area (TPSA) is 77.0 Å². The molecule has 174 valence electrons. The van der Waals surface area contributed by atoms with Gasteiger partial charge in [-0.15, -0.1) is 0 Å². The number of nitrogens with one attached hydrogen (secondary N) is 1. The minimum Gasteiger partial charge on any atom is -0.497 e. The maximum absolute atomic E-state index is 13.1. The molecule has 0 spiro atoms. The number of nitrogens with zero attached hydrogens (tertiary/aromatic N) is 1. The van der Waals surface area contributed by atoms with Crippen molar-refractivity contribution in [2.24, 2.45) is 4.99 Å². The van der Waals surface area contributed by atoms with Crippen molar-refractivity contribution >= 4 is 23.1 Å². The van der Waals surface area contributed by atoms with Crippen LogP contribution in [0.4, 0.5) is 5.69 Å². The van der Waals surface area contributed by atoms with Crippen LogP contribution in [-0.2, 0) is 6.42 Å². The van der Waals surface area contributed by atoms with Crippen LogP contribution >= 0.6 is 0 Å². The number of ether oxygens (including phenoxy) is 2. The Bertz CT molecular complexity index is 1260. The van der Waals surface area contributed by atoms with Crippen molar-refractivity contribution in [1.29, 1.82) is 0 Å². The molecule has 0 radical (unpaired) electrons. The number of methoxy groups -OCH3 is 2. The summed E-state index contributed by atoms with van der Waals surface area (Å²) >= 11 is 0. The normalized spacial score (nSPS) is 13.9. The third-order valence-corrected chi connectivity index (χ3v) is 5.84. The van der Waals surface area contributed by atoms with Crippen LogP contribution in [0.2, 0.25) is 0 Å². The second-order valence-corrected chi connectivity index (χ2v) is 8.90. The van der Waals surface area contributed by atoms with Crippen molar-refractivity contribution < 1.29 is 19.1 Å². The van der Waals surface area contributed by atoms with E-state index in [1.165, 1.54) is 0 Å². The van der Waals surface area contributed by atoms with Crippen molar-refractivity contribution in [1.82, 2.24) is 0 Å². The molecular weight excluding hydrogens is 428 g/mol. The number of carbonyl (C=O) groups is 2. The number of aliphatic imine (C=N–C) groups is 1. The van der Waals surface area contributed by atoms with Crippen molar-refractivity contribution in [3.63, 3.8) is 0 Å². The van der Waals surface area contributed by atoms with Crippen molar-refractivity contribution in [2.75, 3.05) is 19.5 Å². The minimum absolute atomic E-state index is 0.0538. The zero-order chi connectivity index (χ0) is 24.3. The molecule has 1 heterocycles. The second-order valence-electron chi connectivity index (χ2n) is 8.90. The highest BCUT2D eigenvalue weighted by molar-refractivity contribution is 6.17. The SMILES string of the molecule is COc1ccc2c(c1)C(CC(=O)c1ccc(C(=O)Nc3ccccc3OC)cc1)=NC(C)(C)C2. The van der Waals surface area contributed by atoms with Gasteiger partial charge in [-0.1, -0.05) is 30.3 Å². The Morgan fingerprint density at radius 1 is 0.941 bits per heavy atom. The number of carbonyl (C=O) groups excluding carboxylic acids is 2. The fourth-order valence-corrected chi connectivity index (χ4v) is 4.18. The molecule has 6 heteroatoms. The summed E-state index contributed by atoms with van der Waals surface area (Å²) in [5, 5.41) is 2.84. The third kappa shape index (κ3) is 5.01. The Balaban J connectivity index is 1.51. The molecule has 0 fully saturated rings. The number of anilines is 1. The lowest BCUT2D eigenvalue weighted by molar-refractivity contribution is 0.0995. The molecule has 1 N–H and O–H groups in total. The number of benzene rings is 3. The molecule has 0 aromatic heterocycles. The second kappa shape index (κ2) is 9.51. The smallest absolute Gasteiger partial charge is 0.255 e. The van der Waals surface area contributed by atoms with E-state index in [1.807, 2.05) is 30.3 Å². The van der Waals surface area contributed by atoms with Crippen molar-refractivity contribution in [2.45, 2.75) is 32.2 Å². The number of hydrogen-bond acceptors (Lipinski definition) is 5. The summed E-state index contributed by atoms with van der Waals surface area (Å²) in [6.07, 6.45) is 0.983. The first-order valence-corrected chi connectivity index (χ1v) is 11.1. The van der Waals surface area contributed by atoms with Crippen LogP contribution in [0, 0.1) is 0 Å². The monoisotopic (exact) mass is 456 g/mol. The molecular formula is C28H28N2O4. The van der Waals surface area contributed by atoms with E-state index in [1.54, 1.807) is 50.6 Å². The summed E-state index contributed by atoms with van der Waals surface area (Å²) in [5.41, 5.74) is 4.16. The largest absolute Gasteiger partial charge is 0.497 e. The van der Waals surface area contributed by atoms with E-state index in [0.717, 1.165) is 29.0 Å². The average molecular weight is 457 g/mol. The highest BCUT2D eigenvalue weighted by Gasteiger charge is 2.28. The van der Waals surface area contributed by atoms with E-state index in [2.05, 4.69) is 19.2 Å². The van der Waals surface area contributed by atoms with Gasteiger partial charge in [0.1, 0.15) is 11.5 Å². The summed E-state index contributed by atoms with van der Waals surface area (Å²) in [6, 6.07) is 19.8. The molecule has 0 bridgehead atoms. The fourth-order valence-electron chi connectivity index (χ4n) is 4.18. The number of para-hydroxylation sites is 2. The van der Waals surface area contributed by atoms with E-state index in [0.29, 0.717) is 22.6 Å². The first kappa shape index (κ1) is 23.2. The Labute approximate surface area is 199 Å². The maximum atomic E-state index is 13.1. The highest BCUT2D eigenvalue weighted by atomic mass is 16.5. The zero-order valence-corrected chi connectivity index (χ0v) is 19.8. The Hall–Kier alpha value is -3.93. The zero-order valence-electron chi connectivity index (χ0n) is 19.8. The molecule has 0 unspecified atom stereocenters. The Kier molecular flexibility index (Phi) is 6.50. The van der Waals surface area contributed by atoms with Gasteiger partial charge in [0.15, 0.2) is 5.78 Å². The van der Waals surface area contributed by atoms with Gasteiger partial charge in [-0.3, -0.25) is 14.6 Å². The van der Waals surface area contributed by atoms with E-state index in [9.17, 15) is 9.59 Å². The maximum Gasteiger partial charge on any atom is 0.255 e. The van der Waals surface area contributed by atoms with Crippen LogP contribution in [0.3, 0.4) is 0 Å². The number of fused-ring (bicyclic) bond motifs is 1. The molecule has 0 aliphatic carbocycles. The molecule has 1 aliphatic rings. The molecule has 0 atom stereocenters. The first-order chi connectivity index (χ1) is 16.3. The number of ketones is 1. The van der Waals surface area contributed by atoms with Gasteiger partial charge in [0.25, 0.3) is 5.91 Å². The van der Waals surface area contributed by atoms with Crippen LogP contribution < -0.4 is 14.8 Å². The molecule has 6 nitrogen and oxygen atoms in total. The van der Waals surface area contributed by atoms with Gasteiger partial charge in [0.2, 0.25) is 0 Å². The van der Waals surface area contributed by atoms with Crippen LogP contribution in [-0.4, -0.2) is 37.2 Å². The predicted molar refractivity (Wildman–Crippen MR) is 134 cm³/mol. The molecule has 34 heavy (non-hydrogen) atoms. The molecule has 4 rings (SSSR count). The van der Waals surface area contributed by atoms with Gasteiger partial charge in [-0.05, 0) is 62.2 Å². The van der Waals surface area contributed by atoms with Crippen molar-refractivity contribution in [3.8, 4) is 11.5 Å². The molecule has 3 aromatic carbocycles. The first-order valence-electron chi connectivity index (χ1n) is 11.1. The summed E-state index contributed by atoms with van der Waals surface area (Å²) < 4.78 is 10.7. The molecule has 1 amide bonds. The molecule has 3 aromatic rings. The average Bonchev–Trinajstić information content (AvgIpc) is 2.83. The van der Waals surface area contributed by atoms with E-state index in [4.69, 9.17) is 14.5 Å². The number of rotatable bonds is 7. The quantitative estimate of drug-likeness (QED) is 0.486. The lowest BCUT2D eigenvalue weighted by Crippen LogP contribution is -2.30. The summed E-state index contributed by atoms with van der Waals surface area (Å²) in [6.45, 7) is 4.14. The van der Waals surface area contributed by atoms with Crippen LogP contribution in [0.1, 0.15) is 52.1 Å². The Morgan fingerprint density at radius 2 is 1.65 bits per heavy atom. The summed E-state index contributed by atoms with van der Waals surface area (Å²) in [5.74, 6) is 0.990. The standard InChI is InChI=1S/C28H28N2O4/c1-28(2)17-20-13-14-21(33-3)15-22(20)24(30-28)16-25(31)18-9-11-19(12-10-18)27(32)29-23-7-5-6-8-26(23)34-4/h5-15H,16-17H2,1-4H3,(H,29,32). The fraction of sp³-hybridized carbons (Fsp3) is 0.250. The molecule has 1 aliphatic heterocycles. The highest BCUT2D eigenvalue weighted by Crippen LogP contribution is 2.31. The lowest BCUT2D eigenvalue weighted by atomic mass is 9.85. The van der Waals surface area contributed by atoms with Gasteiger partial charge < -0.3 is 14.8 Å². The van der Waals surface area contributed by atoms with E-state index < -0.39 is 0 Å². The number of amides is 1. The van der Waals surface area contributed by atoms with Gasteiger partial charge in [0.05, 0.1) is 37.6 Å². The van der Waals surface area contributed by atoms with Gasteiger partial charge in [-0.25, -0.2) is 0 Å². The number of hydrogen-bond donors (Lipinski definition) is 1. The van der Waals surface area contributed by atoms with Gasteiger partial charge >= 0.3 is 0 Å². The summed E-state index contributed by atoms with van der Waals surface area (Å²) in [7, 11) is 3.18. The summed E-state index contributed by atoms with van der Waals surface area (Å²) in [4.78, 5) is 30.7. The van der Waals surface area contributed by atoms with Gasteiger partial charge in [0, 0.05) is 16.7 Å². The van der Waals surface area contributed by atoms with Gasteiger partial charge in [-0.2, -0.15) is 0 Å². The molecule has 0 saturated heterocycles. The molecule has 0 saturated carbocycles. The van der Waals surface area contributed by atoms with E-state index >= 15 is 0 Å². The van der Waals surface area contributed by atoms with Crippen molar-refractivity contribution in [3.05, 3.63) is 89.0 Å². The Morgan fingerprint density at radius 3 is 2.35 bits per heavy atom. The van der Waals surface area contributed by atoms with Crippen LogP contribution in [0.5, 0.6) is 11.5 Å². The predicted octanol–water partition coefficient (Wildman–Crippen LogP) is 5.35. The van der Waals surface area contributed by atoms with Crippen LogP contribution in [0.15, 0.2) is 71.7 Å². The van der Waals surface area contributed by atoms with E-state index in [-0.39, 0.29) is 23.7 Å². The lowest BCUT2D eigenvalue weighted by Gasteiger charge is -2.29. The third-order valence-electron chi connectivity index (χ3n) is 5.84. The van der Waals surface area contributed by atoms with Crippen LogP contribution in [0.25, 0.3) is 0 Å².